The maximum atomic E-state index is 9.24. The normalized spacial score (nSPS) is 12.3. The Morgan fingerprint density at radius 2 is 1.81 bits per heavy atom. The van der Waals surface area contributed by atoms with E-state index in [0.29, 0.717) is 18.0 Å². The number of nitrogens with two attached hydrogens (primary N) is 1. The first-order valence-electron chi connectivity index (χ1n) is 5.21. The van der Waals surface area contributed by atoms with Gasteiger partial charge in [0.25, 0.3) is 0 Å². The number of benzene rings is 1. The summed E-state index contributed by atoms with van der Waals surface area (Å²) in [5, 5.41) is 9.24. The maximum Gasteiger partial charge on any atom is 0.161 e. The molecule has 0 spiro atoms. The summed E-state index contributed by atoms with van der Waals surface area (Å²) in [6, 6.07) is 3.77. The molecule has 0 aliphatic carbocycles. The Balaban J connectivity index is 3.19. The Bertz CT molecular complexity index is 348. The van der Waals surface area contributed by atoms with Gasteiger partial charge < -0.3 is 20.3 Å². The van der Waals surface area contributed by atoms with Crippen LogP contribution in [0.25, 0.3) is 0 Å². The maximum absolute atomic E-state index is 9.24. The predicted molar refractivity (Wildman–Crippen MR) is 63.2 cm³/mol. The molecule has 3 N–H and O–H groups in total. The number of hydrogen-bond acceptors (Lipinski definition) is 4. The quantitative estimate of drug-likeness (QED) is 0.786. The highest BCUT2D eigenvalue weighted by Gasteiger charge is 2.15. The molecular formula is C12H19NO3. The second kappa shape index (κ2) is 5.72. The van der Waals surface area contributed by atoms with Gasteiger partial charge in [-0.05, 0) is 30.2 Å². The summed E-state index contributed by atoms with van der Waals surface area (Å²) in [6.07, 6.45) is 0. The Morgan fingerprint density at radius 1 is 1.25 bits per heavy atom. The standard InChI is InChI=1S/C12H19NO3/c1-8-4-11(15-2)12(16-3)5-10(8)9(6-13)7-14/h4-5,9,14H,6-7,13H2,1-3H3. The summed E-state index contributed by atoms with van der Waals surface area (Å²) in [4.78, 5) is 0. The highest BCUT2D eigenvalue weighted by atomic mass is 16.5. The minimum Gasteiger partial charge on any atom is -0.493 e. The van der Waals surface area contributed by atoms with Crippen molar-refractivity contribution in [1.82, 2.24) is 0 Å². The van der Waals surface area contributed by atoms with Gasteiger partial charge in [0.05, 0.1) is 20.8 Å². The van der Waals surface area contributed by atoms with Crippen LogP contribution in [0.4, 0.5) is 0 Å². The number of hydrogen-bond donors (Lipinski definition) is 2. The average Bonchev–Trinajstić information content (AvgIpc) is 2.32. The molecule has 0 radical (unpaired) electrons. The van der Waals surface area contributed by atoms with Gasteiger partial charge >= 0.3 is 0 Å². The molecule has 0 amide bonds. The van der Waals surface area contributed by atoms with Crippen molar-refractivity contribution in [2.24, 2.45) is 5.73 Å². The van der Waals surface area contributed by atoms with E-state index in [1.807, 2.05) is 19.1 Å². The zero-order valence-electron chi connectivity index (χ0n) is 9.99. The second-order valence-corrected chi connectivity index (χ2v) is 3.68. The molecule has 0 saturated heterocycles. The van der Waals surface area contributed by atoms with Crippen LogP contribution in [0.1, 0.15) is 17.0 Å². The van der Waals surface area contributed by atoms with Crippen LogP contribution in [0.2, 0.25) is 0 Å². The van der Waals surface area contributed by atoms with E-state index >= 15 is 0 Å². The molecule has 1 unspecified atom stereocenters. The van der Waals surface area contributed by atoms with E-state index in [-0.39, 0.29) is 12.5 Å². The molecule has 0 aliphatic rings. The van der Waals surface area contributed by atoms with Crippen LogP contribution in [-0.2, 0) is 0 Å². The third-order valence-corrected chi connectivity index (χ3v) is 2.72. The molecule has 4 nitrogen and oxygen atoms in total. The van der Waals surface area contributed by atoms with Crippen molar-refractivity contribution in [2.45, 2.75) is 12.8 Å². The van der Waals surface area contributed by atoms with E-state index in [0.717, 1.165) is 11.1 Å². The van der Waals surface area contributed by atoms with Crippen molar-refractivity contribution in [1.29, 1.82) is 0 Å². The number of aryl methyl sites for hydroxylation is 1. The summed E-state index contributed by atoms with van der Waals surface area (Å²) in [5.74, 6) is 1.30. The van der Waals surface area contributed by atoms with Crippen molar-refractivity contribution in [2.75, 3.05) is 27.4 Å². The van der Waals surface area contributed by atoms with Gasteiger partial charge in [0.1, 0.15) is 0 Å². The highest BCUT2D eigenvalue weighted by Crippen LogP contribution is 2.33. The zero-order valence-corrected chi connectivity index (χ0v) is 9.99. The molecule has 0 fully saturated rings. The lowest BCUT2D eigenvalue weighted by Gasteiger charge is -2.18. The number of aliphatic hydroxyl groups is 1. The molecule has 4 heteroatoms. The Hall–Kier alpha value is -1.26. The largest absolute Gasteiger partial charge is 0.493 e. The third-order valence-electron chi connectivity index (χ3n) is 2.72. The number of aliphatic hydroxyl groups excluding tert-OH is 1. The van der Waals surface area contributed by atoms with Crippen LogP contribution in [0, 0.1) is 6.92 Å². The lowest BCUT2D eigenvalue weighted by atomic mass is 9.95. The van der Waals surface area contributed by atoms with E-state index in [1.165, 1.54) is 0 Å². The van der Waals surface area contributed by atoms with Gasteiger partial charge in [0, 0.05) is 12.5 Å². The first-order valence-corrected chi connectivity index (χ1v) is 5.21. The van der Waals surface area contributed by atoms with Gasteiger partial charge in [-0.2, -0.15) is 0 Å². The summed E-state index contributed by atoms with van der Waals surface area (Å²) in [6.45, 7) is 2.41. The van der Waals surface area contributed by atoms with Gasteiger partial charge in [0.2, 0.25) is 0 Å². The van der Waals surface area contributed by atoms with E-state index in [1.54, 1.807) is 14.2 Å². The van der Waals surface area contributed by atoms with Crippen molar-refractivity contribution >= 4 is 0 Å². The molecule has 0 heterocycles. The monoisotopic (exact) mass is 225 g/mol. The SMILES string of the molecule is COc1cc(C)c(C(CN)CO)cc1OC. The lowest BCUT2D eigenvalue weighted by molar-refractivity contribution is 0.267. The number of ether oxygens (including phenoxy) is 2. The van der Waals surface area contributed by atoms with Crippen LogP contribution in [0.15, 0.2) is 12.1 Å². The topological polar surface area (TPSA) is 64.7 Å². The van der Waals surface area contributed by atoms with Gasteiger partial charge in [-0.3, -0.25) is 0 Å². The number of methoxy groups -OCH3 is 2. The molecule has 90 valence electrons. The molecule has 1 aromatic rings. The average molecular weight is 225 g/mol. The summed E-state index contributed by atoms with van der Waals surface area (Å²) in [7, 11) is 3.19. The minimum atomic E-state index is -0.0557. The fourth-order valence-electron chi connectivity index (χ4n) is 1.74. The van der Waals surface area contributed by atoms with Gasteiger partial charge in [0.15, 0.2) is 11.5 Å². The van der Waals surface area contributed by atoms with E-state index in [9.17, 15) is 5.11 Å². The van der Waals surface area contributed by atoms with Gasteiger partial charge in [-0.15, -0.1) is 0 Å². The molecule has 1 rings (SSSR count). The second-order valence-electron chi connectivity index (χ2n) is 3.68. The molecule has 1 aromatic carbocycles. The summed E-state index contributed by atoms with van der Waals surface area (Å²) in [5.41, 5.74) is 7.66. The van der Waals surface area contributed by atoms with Crippen LogP contribution in [-0.4, -0.2) is 32.5 Å². The van der Waals surface area contributed by atoms with Crippen molar-refractivity contribution in [3.8, 4) is 11.5 Å². The Labute approximate surface area is 96.0 Å². The molecule has 1 atom stereocenters. The first-order chi connectivity index (χ1) is 7.67. The van der Waals surface area contributed by atoms with E-state index < -0.39 is 0 Å². The van der Waals surface area contributed by atoms with E-state index in [2.05, 4.69) is 0 Å². The first kappa shape index (κ1) is 12.8. The van der Waals surface area contributed by atoms with Gasteiger partial charge in [-0.1, -0.05) is 0 Å². The van der Waals surface area contributed by atoms with Crippen molar-refractivity contribution < 1.29 is 14.6 Å². The van der Waals surface area contributed by atoms with Crippen molar-refractivity contribution in [3.05, 3.63) is 23.3 Å². The zero-order chi connectivity index (χ0) is 12.1. The third kappa shape index (κ3) is 2.46. The fraction of sp³-hybridized carbons (Fsp3) is 0.500. The van der Waals surface area contributed by atoms with Crippen LogP contribution in [0.3, 0.4) is 0 Å². The smallest absolute Gasteiger partial charge is 0.161 e. The molecule has 0 aliphatic heterocycles. The lowest BCUT2D eigenvalue weighted by Crippen LogP contribution is -2.17. The van der Waals surface area contributed by atoms with Crippen LogP contribution in [0.5, 0.6) is 11.5 Å². The highest BCUT2D eigenvalue weighted by molar-refractivity contribution is 5.48. The Kier molecular flexibility index (Phi) is 4.58. The predicted octanol–water partition coefficient (Wildman–Crippen LogP) is 1.05. The van der Waals surface area contributed by atoms with Gasteiger partial charge in [-0.25, -0.2) is 0 Å². The molecule has 0 saturated carbocycles. The molecule has 0 aromatic heterocycles. The van der Waals surface area contributed by atoms with Crippen molar-refractivity contribution in [3.63, 3.8) is 0 Å². The van der Waals surface area contributed by atoms with Crippen LogP contribution < -0.4 is 15.2 Å². The summed E-state index contributed by atoms with van der Waals surface area (Å²) >= 11 is 0. The molecule has 0 bridgehead atoms. The number of rotatable bonds is 5. The Morgan fingerprint density at radius 3 is 2.25 bits per heavy atom. The summed E-state index contributed by atoms with van der Waals surface area (Å²) < 4.78 is 10.4. The molecule has 16 heavy (non-hydrogen) atoms. The van der Waals surface area contributed by atoms with Crippen LogP contribution >= 0.6 is 0 Å². The molecular weight excluding hydrogens is 206 g/mol. The minimum absolute atomic E-state index is 0.0345. The fourth-order valence-corrected chi connectivity index (χ4v) is 1.74. The van der Waals surface area contributed by atoms with E-state index in [4.69, 9.17) is 15.2 Å².